The Kier molecular flexibility index (Phi) is 4.67. The number of nitrogens with one attached hydrogen (secondary N) is 1. The number of hydrogen-bond acceptors (Lipinski definition) is 11. The minimum atomic E-state index is -0.746. The minimum absolute atomic E-state index is 0.0958. The molecule has 212 valence electrons. The summed E-state index contributed by atoms with van der Waals surface area (Å²) in [4.78, 5) is 38.7. The second-order valence-corrected chi connectivity index (χ2v) is 12.6. The summed E-state index contributed by atoms with van der Waals surface area (Å²) in [6, 6.07) is 5.55. The molecule has 9 rings (SSSR count). The molecule has 0 bridgehead atoms. The number of pyridine rings is 1. The highest BCUT2D eigenvalue weighted by molar-refractivity contribution is 5.92. The van der Waals surface area contributed by atoms with E-state index in [2.05, 4.69) is 34.1 Å². The van der Waals surface area contributed by atoms with Crippen molar-refractivity contribution in [1.82, 2.24) is 15.0 Å². The van der Waals surface area contributed by atoms with Crippen LogP contribution in [0.3, 0.4) is 0 Å². The molecule has 41 heavy (non-hydrogen) atoms. The van der Waals surface area contributed by atoms with Crippen molar-refractivity contribution in [2.75, 3.05) is 18.5 Å². The lowest BCUT2D eigenvalue weighted by Crippen LogP contribution is -2.67. The molecule has 7 aliphatic rings. The van der Waals surface area contributed by atoms with E-state index in [1.165, 1.54) is 0 Å². The Bertz CT molecular complexity index is 1530. The van der Waals surface area contributed by atoms with E-state index in [1.807, 2.05) is 12.1 Å². The number of rotatable bonds is 6. The van der Waals surface area contributed by atoms with Gasteiger partial charge >= 0.3 is 11.9 Å². The molecule has 3 aliphatic carbocycles. The number of carbonyl (C=O) groups is 2. The Morgan fingerprint density at radius 2 is 2.07 bits per heavy atom. The summed E-state index contributed by atoms with van der Waals surface area (Å²) < 4.78 is 31.5. The first-order chi connectivity index (χ1) is 19.9. The van der Waals surface area contributed by atoms with Crippen molar-refractivity contribution in [2.24, 2.45) is 17.8 Å². The monoisotopic (exact) mass is 558 g/mol. The lowest BCUT2D eigenvalue weighted by molar-refractivity contribution is -0.163. The van der Waals surface area contributed by atoms with Gasteiger partial charge in [0.05, 0.1) is 11.8 Å². The van der Waals surface area contributed by atoms with Crippen molar-refractivity contribution in [2.45, 2.75) is 74.3 Å². The highest BCUT2D eigenvalue weighted by Gasteiger charge is 2.99. The van der Waals surface area contributed by atoms with E-state index in [0.29, 0.717) is 24.7 Å². The molecule has 0 radical (unpaired) electrons. The molecule has 2 aromatic rings. The van der Waals surface area contributed by atoms with Crippen LogP contribution in [0.5, 0.6) is 0 Å². The first-order valence-electron chi connectivity index (χ1n) is 14.5. The maximum absolute atomic E-state index is 13.4. The third kappa shape index (κ3) is 2.96. The third-order valence-corrected chi connectivity index (χ3v) is 10.7. The standard InChI is InChI=1S/C30H30N4O7/c1-14(2)28-23(40-28)24-29(41-24)19-6-5-16-18(13-37-25(16)36)17(19)10-21-30(29,39-21)26(28)38-22(35)12-33-27-32-9-7-20(34-27)15-4-3-8-31-11-15/h3-4,7-9,11,14,17,19,21,23-24,26H,5-6,10,12-13H2,1-2H3,(H,32,33,34)/t17-,19-,21-,23-,24-,26+,28-,29-,30+/m0/s1. The summed E-state index contributed by atoms with van der Waals surface area (Å²) >= 11 is 0. The number of cyclic esters (lactones) is 1. The maximum atomic E-state index is 13.4. The fourth-order valence-electron chi connectivity index (χ4n) is 8.83. The number of ether oxygens (including phenoxy) is 5. The van der Waals surface area contributed by atoms with E-state index in [0.717, 1.165) is 29.6 Å². The number of esters is 2. The Labute approximate surface area is 236 Å². The molecular formula is C30H30N4O7. The minimum Gasteiger partial charge on any atom is -0.458 e. The van der Waals surface area contributed by atoms with Gasteiger partial charge < -0.3 is 29.0 Å². The fourth-order valence-corrected chi connectivity index (χ4v) is 8.83. The van der Waals surface area contributed by atoms with Crippen molar-refractivity contribution in [3.8, 4) is 11.3 Å². The lowest BCUT2D eigenvalue weighted by Gasteiger charge is -2.47. The van der Waals surface area contributed by atoms with Crippen LogP contribution in [0.25, 0.3) is 11.3 Å². The number of anilines is 1. The average Bonchev–Trinajstić information content (AvgIpc) is 3.91. The second-order valence-electron chi connectivity index (χ2n) is 12.6. The summed E-state index contributed by atoms with van der Waals surface area (Å²) in [5.74, 6) is 0.147. The predicted octanol–water partition coefficient (Wildman–Crippen LogP) is 2.23. The predicted molar refractivity (Wildman–Crippen MR) is 140 cm³/mol. The highest BCUT2D eigenvalue weighted by Crippen LogP contribution is 2.80. The lowest BCUT2D eigenvalue weighted by atomic mass is 9.53. The normalized spacial score (nSPS) is 42.1. The van der Waals surface area contributed by atoms with Crippen molar-refractivity contribution < 1.29 is 33.3 Å². The molecule has 9 atom stereocenters. The van der Waals surface area contributed by atoms with E-state index in [4.69, 9.17) is 23.7 Å². The highest BCUT2D eigenvalue weighted by atomic mass is 16.8. The van der Waals surface area contributed by atoms with Gasteiger partial charge in [0, 0.05) is 35.6 Å². The first kappa shape index (κ1) is 24.2. The average molecular weight is 559 g/mol. The van der Waals surface area contributed by atoms with Crippen molar-refractivity contribution >= 4 is 17.9 Å². The molecule has 2 aromatic heterocycles. The number of epoxide rings is 3. The summed E-state index contributed by atoms with van der Waals surface area (Å²) in [6.07, 6.45) is 6.35. The Morgan fingerprint density at radius 3 is 2.90 bits per heavy atom. The van der Waals surface area contributed by atoms with Crippen LogP contribution in [-0.2, 0) is 33.3 Å². The van der Waals surface area contributed by atoms with Crippen LogP contribution >= 0.6 is 0 Å². The summed E-state index contributed by atoms with van der Waals surface area (Å²) in [5.41, 5.74) is 1.54. The van der Waals surface area contributed by atoms with E-state index in [1.54, 1.807) is 24.7 Å². The van der Waals surface area contributed by atoms with Gasteiger partial charge in [0.2, 0.25) is 5.95 Å². The zero-order valence-electron chi connectivity index (χ0n) is 22.7. The number of fused-ring (bicyclic) bond motifs is 4. The van der Waals surface area contributed by atoms with Crippen LogP contribution in [0, 0.1) is 17.8 Å². The Morgan fingerprint density at radius 1 is 1.17 bits per heavy atom. The van der Waals surface area contributed by atoms with Crippen LogP contribution in [0.1, 0.15) is 33.1 Å². The number of aromatic nitrogens is 3. The van der Waals surface area contributed by atoms with E-state index >= 15 is 0 Å². The van der Waals surface area contributed by atoms with Gasteiger partial charge in [-0.05, 0) is 54.9 Å². The van der Waals surface area contributed by atoms with Crippen molar-refractivity contribution in [3.63, 3.8) is 0 Å². The fraction of sp³-hybridized carbons (Fsp3) is 0.567. The molecule has 6 heterocycles. The molecule has 11 heteroatoms. The zero-order chi connectivity index (χ0) is 27.7. The van der Waals surface area contributed by atoms with Crippen LogP contribution in [0.2, 0.25) is 0 Å². The number of hydrogen-bond donors (Lipinski definition) is 1. The molecule has 3 saturated heterocycles. The summed E-state index contributed by atoms with van der Waals surface area (Å²) in [6.45, 7) is 4.46. The number of nitrogens with zero attached hydrogens (tertiary/aromatic N) is 3. The van der Waals surface area contributed by atoms with Gasteiger partial charge in [-0.25, -0.2) is 14.8 Å². The van der Waals surface area contributed by atoms with Gasteiger partial charge in [0.1, 0.15) is 36.6 Å². The maximum Gasteiger partial charge on any atom is 0.334 e. The number of carbonyl (C=O) groups excluding carboxylic acids is 2. The Balaban J connectivity index is 0.986. The molecule has 2 saturated carbocycles. The molecule has 0 amide bonds. The van der Waals surface area contributed by atoms with Crippen LogP contribution in [0.4, 0.5) is 5.95 Å². The quantitative estimate of drug-likeness (QED) is 0.412. The molecule has 0 unspecified atom stereocenters. The first-order valence-corrected chi connectivity index (χ1v) is 14.5. The van der Waals surface area contributed by atoms with Gasteiger partial charge in [0.15, 0.2) is 11.7 Å². The SMILES string of the molecule is CC(C)[C@]12O[C@H]1[C@@H]1O[C@@]13[C@H]1CCC4=C(COC4=O)[C@@H]1C[C@@H]1O[C@@]13[C@@H]2OC(=O)CNc1nccc(-c2cccnc2)n1. The van der Waals surface area contributed by atoms with E-state index < -0.39 is 28.9 Å². The van der Waals surface area contributed by atoms with Gasteiger partial charge in [-0.1, -0.05) is 13.8 Å². The van der Waals surface area contributed by atoms with Gasteiger partial charge in [0.25, 0.3) is 0 Å². The largest absolute Gasteiger partial charge is 0.458 e. The Hall–Kier alpha value is -3.41. The summed E-state index contributed by atoms with van der Waals surface area (Å²) in [7, 11) is 0. The molecule has 0 aromatic carbocycles. The molecular weight excluding hydrogens is 528 g/mol. The smallest absolute Gasteiger partial charge is 0.334 e. The van der Waals surface area contributed by atoms with Crippen LogP contribution in [0.15, 0.2) is 47.9 Å². The molecule has 1 N–H and O–H groups in total. The van der Waals surface area contributed by atoms with Crippen LogP contribution < -0.4 is 5.32 Å². The molecule has 5 fully saturated rings. The topological polar surface area (TPSA) is 141 Å². The molecule has 2 spiro atoms. The zero-order valence-corrected chi connectivity index (χ0v) is 22.7. The van der Waals surface area contributed by atoms with Crippen molar-refractivity contribution in [3.05, 3.63) is 47.9 Å². The van der Waals surface area contributed by atoms with E-state index in [-0.39, 0.29) is 48.6 Å². The van der Waals surface area contributed by atoms with Gasteiger partial charge in [-0.3, -0.25) is 9.78 Å². The molecule has 11 nitrogen and oxygen atoms in total. The van der Waals surface area contributed by atoms with Gasteiger partial charge in [-0.15, -0.1) is 0 Å². The second kappa shape index (κ2) is 7.90. The van der Waals surface area contributed by atoms with E-state index in [9.17, 15) is 9.59 Å². The van der Waals surface area contributed by atoms with Crippen molar-refractivity contribution in [1.29, 1.82) is 0 Å². The third-order valence-electron chi connectivity index (χ3n) is 10.7. The van der Waals surface area contributed by atoms with Crippen LogP contribution in [-0.4, -0.2) is 81.3 Å². The molecule has 4 aliphatic heterocycles. The summed E-state index contributed by atoms with van der Waals surface area (Å²) in [5, 5.41) is 3.03. The van der Waals surface area contributed by atoms with Gasteiger partial charge in [-0.2, -0.15) is 0 Å².